The Morgan fingerprint density at radius 2 is 1.73 bits per heavy atom. The molecule has 2 aromatic carbocycles. The highest BCUT2D eigenvalue weighted by atomic mass is 35.5. The quantitative estimate of drug-likeness (QED) is 0.334. The number of halogens is 1. The highest BCUT2D eigenvalue weighted by Crippen LogP contribution is 2.43. The first-order valence-corrected chi connectivity index (χ1v) is 10.7. The first-order valence-electron chi connectivity index (χ1n) is 10.3. The Morgan fingerprint density at radius 3 is 2.36 bits per heavy atom. The molecule has 8 nitrogen and oxygen atoms in total. The number of carbonyl (C=O) groups excluding carboxylic acids is 2. The van der Waals surface area contributed by atoms with Crippen molar-refractivity contribution in [2.24, 2.45) is 0 Å². The van der Waals surface area contributed by atoms with Gasteiger partial charge >= 0.3 is 0 Å². The van der Waals surface area contributed by atoms with Crippen molar-refractivity contribution >= 4 is 29.1 Å². The molecule has 0 aliphatic carbocycles. The fourth-order valence-corrected chi connectivity index (χ4v) is 3.96. The number of hydrogen-bond donors (Lipinski definition) is 1. The average molecular weight is 476 g/mol. The van der Waals surface area contributed by atoms with Crippen LogP contribution in [0.3, 0.4) is 0 Å². The zero-order valence-corrected chi connectivity index (χ0v) is 19.6. The number of methoxy groups -OCH3 is 3. The molecule has 0 saturated carbocycles. The lowest BCUT2D eigenvalue weighted by molar-refractivity contribution is -0.140. The number of hydrogen-bond acceptors (Lipinski definition) is 7. The van der Waals surface area contributed by atoms with Crippen LogP contribution < -0.4 is 14.2 Å². The fourth-order valence-electron chi connectivity index (χ4n) is 3.79. The molecule has 1 fully saturated rings. The van der Waals surface area contributed by atoms with Gasteiger partial charge in [0.15, 0.2) is 11.5 Å². The number of rotatable bonds is 9. The molecule has 0 bridgehead atoms. The molecule has 1 saturated heterocycles. The van der Waals surface area contributed by atoms with Gasteiger partial charge in [0.25, 0.3) is 11.7 Å². The minimum Gasteiger partial charge on any atom is -0.507 e. The van der Waals surface area contributed by atoms with Gasteiger partial charge < -0.3 is 29.0 Å². The maximum absolute atomic E-state index is 13.1. The Hall–Kier alpha value is -3.23. The number of carbonyl (C=O) groups is 2. The minimum absolute atomic E-state index is 0.0807. The number of ketones is 1. The standard InChI is InChI=1S/C24H26ClNO7/c1-5-33-18-8-6-14(12-19(18)32-4)21-20(23(28)24(29)26(21)10-11-30-2)22(27)16-13-15(25)7-9-17(16)31-3/h6-9,12-13,21,27H,5,10-11H2,1-4H3/b22-20+. The van der Waals surface area contributed by atoms with Crippen LogP contribution in [-0.4, -0.2) is 62.8 Å². The third kappa shape index (κ3) is 4.77. The van der Waals surface area contributed by atoms with Gasteiger partial charge in [0.2, 0.25) is 0 Å². The number of amides is 1. The summed E-state index contributed by atoms with van der Waals surface area (Å²) < 4.78 is 21.5. The normalized spacial score (nSPS) is 17.4. The number of aliphatic hydroxyl groups is 1. The molecule has 1 atom stereocenters. The van der Waals surface area contributed by atoms with Crippen molar-refractivity contribution in [1.82, 2.24) is 4.90 Å². The van der Waals surface area contributed by atoms with Gasteiger partial charge in [-0.05, 0) is 42.8 Å². The molecular weight excluding hydrogens is 450 g/mol. The number of ether oxygens (including phenoxy) is 4. The van der Waals surface area contributed by atoms with Crippen molar-refractivity contribution in [3.63, 3.8) is 0 Å². The lowest BCUT2D eigenvalue weighted by Crippen LogP contribution is -2.32. The van der Waals surface area contributed by atoms with Gasteiger partial charge in [0.05, 0.1) is 44.6 Å². The van der Waals surface area contributed by atoms with Crippen LogP contribution in [0.1, 0.15) is 24.1 Å². The van der Waals surface area contributed by atoms with Crippen molar-refractivity contribution in [3.8, 4) is 17.2 Å². The number of benzene rings is 2. The van der Waals surface area contributed by atoms with Crippen molar-refractivity contribution < 1.29 is 33.6 Å². The van der Waals surface area contributed by atoms with Crippen LogP contribution in [0.2, 0.25) is 5.02 Å². The summed E-state index contributed by atoms with van der Waals surface area (Å²) in [5, 5.41) is 11.6. The van der Waals surface area contributed by atoms with E-state index in [1.165, 1.54) is 32.3 Å². The molecule has 1 unspecified atom stereocenters. The Morgan fingerprint density at radius 1 is 1.03 bits per heavy atom. The van der Waals surface area contributed by atoms with Gasteiger partial charge in [0.1, 0.15) is 11.5 Å². The zero-order valence-electron chi connectivity index (χ0n) is 18.9. The van der Waals surface area contributed by atoms with Crippen LogP contribution in [0, 0.1) is 0 Å². The topological polar surface area (TPSA) is 94.5 Å². The first-order chi connectivity index (χ1) is 15.9. The van der Waals surface area contributed by atoms with E-state index in [-0.39, 0.29) is 30.0 Å². The summed E-state index contributed by atoms with van der Waals surface area (Å²) in [6, 6.07) is 8.89. The van der Waals surface area contributed by atoms with E-state index in [2.05, 4.69) is 0 Å². The van der Waals surface area contributed by atoms with E-state index in [4.69, 9.17) is 30.5 Å². The Kier molecular flexibility index (Phi) is 7.84. The van der Waals surface area contributed by atoms with E-state index in [0.29, 0.717) is 34.4 Å². The van der Waals surface area contributed by atoms with Crippen LogP contribution in [0.4, 0.5) is 0 Å². The molecule has 0 aromatic heterocycles. The van der Waals surface area contributed by atoms with Crippen LogP contribution in [-0.2, 0) is 14.3 Å². The Balaban J connectivity index is 2.23. The summed E-state index contributed by atoms with van der Waals surface area (Å²) in [6.45, 7) is 2.64. The van der Waals surface area contributed by atoms with E-state index in [9.17, 15) is 14.7 Å². The molecule has 1 heterocycles. The molecule has 0 radical (unpaired) electrons. The van der Waals surface area contributed by atoms with Crippen LogP contribution in [0.5, 0.6) is 17.2 Å². The smallest absolute Gasteiger partial charge is 0.295 e. The highest BCUT2D eigenvalue weighted by Gasteiger charge is 2.46. The molecule has 9 heteroatoms. The first kappa shape index (κ1) is 24.4. The molecule has 1 amide bonds. The summed E-state index contributed by atoms with van der Waals surface area (Å²) in [7, 11) is 4.44. The van der Waals surface area contributed by atoms with Crippen molar-refractivity contribution in [2.45, 2.75) is 13.0 Å². The predicted molar refractivity (Wildman–Crippen MR) is 123 cm³/mol. The minimum atomic E-state index is -0.881. The van der Waals surface area contributed by atoms with E-state index in [0.717, 1.165) is 0 Å². The lowest BCUT2D eigenvalue weighted by Gasteiger charge is -2.26. The summed E-state index contributed by atoms with van der Waals surface area (Å²) in [5.74, 6) is -0.675. The van der Waals surface area contributed by atoms with Crippen LogP contribution >= 0.6 is 11.6 Å². The summed E-state index contributed by atoms with van der Waals surface area (Å²) in [4.78, 5) is 27.4. The second-order valence-electron chi connectivity index (χ2n) is 7.17. The predicted octanol–water partition coefficient (Wildman–Crippen LogP) is 3.82. The van der Waals surface area contributed by atoms with Gasteiger partial charge in [-0.3, -0.25) is 9.59 Å². The molecular formula is C24H26ClNO7. The van der Waals surface area contributed by atoms with Crippen molar-refractivity contribution in [1.29, 1.82) is 0 Å². The molecule has 1 N–H and O–H groups in total. The maximum atomic E-state index is 13.1. The summed E-state index contributed by atoms with van der Waals surface area (Å²) in [5.41, 5.74) is 0.689. The van der Waals surface area contributed by atoms with E-state index in [1.54, 1.807) is 30.3 Å². The van der Waals surface area contributed by atoms with Crippen molar-refractivity contribution in [3.05, 3.63) is 58.1 Å². The van der Waals surface area contributed by atoms with Gasteiger partial charge in [-0.15, -0.1) is 0 Å². The van der Waals surface area contributed by atoms with Gasteiger partial charge in [-0.25, -0.2) is 0 Å². The van der Waals surface area contributed by atoms with E-state index < -0.39 is 17.7 Å². The average Bonchev–Trinajstić information content (AvgIpc) is 3.07. The van der Waals surface area contributed by atoms with Crippen LogP contribution in [0.15, 0.2) is 42.0 Å². The molecule has 2 aromatic rings. The number of aliphatic hydroxyl groups excluding tert-OH is 1. The summed E-state index contributed by atoms with van der Waals surface area (Å²) >= 11 is 6.13. The number of nitrogens with zero attached hydrogens (tertiary/aromatic N) is 1. The highest BCUT2D eigenvalue weighted by molar-refractivity contribution is 6.46. The molecule has 0 spiro atoms. The van der Waals surface area contributed by atoms with Gasteiger partial charge in [-0.2, -0.15) is 0 Å². The second kappa shape index (κ2) is 10.6. The molecule has 33 heavy (non-hydrogen) atoms. The Bertz CT molecular complexity index is 1080. The number of Topliss-reactive ketones (excluding diaryl/α,β-unsaturated/α-hetero) is 1. The van der Waals surface area contributed by atoms with Crippen LogP contribution in [0.25, 0.3) is 5.76 Å². The third-order valence-corrected chi connectivity index (χ3v) is 5.53. The SMILES string of the molecule is CCOc1ccc(C2/C(=C(\O)c3cc(Cl)ccc3OC)C(=O)C(=O)N2CCOC)cc1OC. The monoisotopic (exact) mass is 475 g/mol. The second-order valence-corrected chi connectivity index (χ2v) is 7.61. The maximum Gasteiger partial charge on any atom is 0.295 e. The van der Waals surface area contributed by atoms with Gasteiger partial charge in [-0.1, -0.05) is 17.7 Å². The van der Waals surface area contributed by atoms with E-state index in [1.807, 2.05) is 6.92 Å². The lowest BCUT2D eigenvalue weighted by atomic mass is 9.94. The van der Waals surface area contributed by atoms with E-state index >= 15 is 0 Å². The van der Waals surface area contributed by atoms with Crippen molar-refractivity contribution in [2.75, 3.05) is 41.1 Å². The summed E-state index contributed by atoms with van der Waals surface area (Å²) in [6.07, 6.45) is 0. The third-order valence-electron chi connectivity index (χ3n) is 5.30. The molecule has 3 rings (SSSR count). The molecule has 1 aliphatic heterocycles. The molecule has 1 aliphatic rings. The van der Waals surface area contributed by atoms with Gasteiger partial charge in [0, 0.05) is 18.7 Å². The largest absolute Gasteiger partial charge is 0.507 e. The zero-order chi connectivity index (χ0) is 24.1. The fraction of sp³-hybridized carbons (Fsp3) is 0.333. The molecule has 176 valence electrons. The Labute approximate surface area is 197 Å². The number of likely N-dealkylation sites (tertiary alicyclic amines) is 1.